The number of imidazole rings is 1. The van der Waals surface area contributed by atoms with Crippen molar-refractivity contribution in [3.8, 4) is 17.0 Å². The van der Waals surface area contributed by atoms with E-state index in [1.807, 2.05) is 77.0 Å². The normalized spacial score (nSPS) is 19.7. The van der Waals surface area contributed by atoms with Crippen molar-refractivity contribution < 1.29 is 22.7 Å². The molecule has 0 bridgehead atoms. The van der Waals surface area contributed by atoms with Gasteiger partial charge in [-0.15, -0.1) is 0 Å². The fraction of sp³-hybridized carbons (Fsp3) is 0.306. The molecule has 3 atom stereocenters. The molecule has 0 unspecified atom stereocenters. The number of para-hydroxylation sites is 1. The smallest absolute Gasteiger partial charge is 0.416 e. The average molecular weight is 626 g/mol. The zero-order valence-corrected chi connectivity index (χ0v) is 25.4. The molecular formula is C36H34F3N5O2. The van der Waals surface area contributed by atoms with E-state index in [0.29, 0.717) is 47.3 Å². The Bertz CT molecular complexity index is 1890. The summed E-state index contributed by atoms with van der Waals surface area (Å²) < 4.78 is 49.4. The summed E-state index contributed by atoms with van der Waals surface area (Å²) in [5.74, 6) is 2.07. The summed E-state index contributed by atoms with van der Waals surface area (Å²) >= 11 is 0. The van der Waals surface area contributed by atoms with Gasteiger partial charge in [0.25, 0.3) is 0 Å². The number of alkyl halides is 3. The second kappa shape index (κ2) is 11.5. The van der Waals surface area contributed by atoms with Crippen LogP contribution in [0.1, 0.15) is 61.0 Å². The number of anilines is 1. The van der Waals surface area contributed by atoms with Gasteiger partial charge in [-0.05, 0) is 55.5 Å². The van der Waals surface area contributed by atoms with Crippen molar-refractivity contribution in [3.05, 3.63) is 114 Å². The van der Waals surface area contributed by atoms with Crippen molar-refractivity contribution in [1.82, 2.24) is 19.3 Å². The Morgan fingerprint density at radius 3 is 2.46 bits per heavy atom. The van der Waals surface area contributed by atoms with Gasteiger partial charge in [-0.1, -0.05) is 60.7 Å². The first-order valence-electron chi connectivity index (χ1n) is 15.5. The molecule has 2 aliphatic heterocycles. The third-order valence-electron chi connectivity index (χ3n) is 9.59. The molecule has 4 heterocycles. The van der Waals surface area contributed by atoms with Gasteiger partial charge < -0.3 is 15.4 Å². The number of nitrogens with zero attached hydrogens (tertiary/aromatic N) is 4. The highest BCUT2D eigenvalue weighted by Gasteiger charge is 2.39. The number of aromatic nitrogens is 3. The Hall–Kier alpha value is -4.86. The Balaban J connectivity index is 1.26. The monoisotopic (exact) mass is 625 g/mol. The van der Waals surface area contributed by atoms with Crippen molar-refractivity contribution in [2.45, 2.75) is 56.2 Å². The third-order valence-corrected chi connectivity index (χ3v) is 9.59. The molecule has 2 saturated heterocycles. The molecular weight excluding hydrogens is 591 g/mol. The second-order valence-corrected chi connectivity index (χ2v) is 12.5. The molecule has 0 saturated carbocycles. The first-order valence-corrected chi connectivity index (χ1v) is 15.5. The highest BCUT2D eigenvalue weighted by molar-refractivity contribution is 5.85. The number of carbonyl (C=O) groups is 1. The number of fused-ring (bicyclic) bond motifs is 2. The maximum absolute atomic E-state index is 13.8. The molecule has 7 nitrogen and oxygen atoms in total. The van der Waals surface area contributed by atoms with Crippen molar-refractivity contribution >= 4 is 17.2 Å². The largest absolute Gasteiger partial charge is 0.492 e. The van der Waals surface area contributed by atoms with E-state index < -0.39 is 17.2 Å². The lowest BCUT2D eigenvalue weighted by atomic mass is 9.76. The van der Waals surface area contributed by atoms with Gasteiger partial charge in [0.1, 0.15) is 35.2 Å². The number of rotatable bonds is 7. The standard InChI is InChI=1S/C36H34F3N5O2/c1-35(22-46-29-8-3-2-4-9-29,26-6-5-7-27(20-26)36(37,38)39)25-13-10-23(11-14-25)31-32-33(40)41-18-19-43(32)34(42-31)24-12-15-28-16-17-30(45)44(28)21-24/h2-11,13-14,18-20,24,28H,12,15-17,21-22H2,1H3,(H2,40,41)/t24-,28+,35+/m1/s1. The lowest BCUT2D eigenvalue weighted by molar-refractivity contribution is -0.137. The van der Waals surface area contributed by atoms with Gasteiger partial charge in [0, 0.05) is 42.9 Å². The topological polar surface area (TPSA) is 85.8 Å². The molecule has 0 spiro atoms. The number of hydrogen-bond acceptors (Lipinski definition) is 5. The average Bonchev–Trinajstić information content (AvgIpc) is 3.65. The predicted molar refractivity (Wildman–Crippen MR) is 169 cm³/mol. The quantitative estimate of drug-likeness (QED) is 0.206. The molecule has 3 aromatic carbocycles. The second-order valence-electron chi connectivity index (χ2n) is 12.5. The number of ether oxygens (including phenoxy) is 1. The highest BCUT2D eigenvalue weighted by atomic mass is 19.4. The van der Waals surface area contributed by atoms with E-state index in [-0.39, 0.29) is 18.4 Å². The van der Waals surface area contributed by atoms with Gasteiger partial charge >= 0.3 is 6.18 Å². The van der Waals surface area contributed by atoms with Crippen LogP contribution in [0.25, 0.3) is 16.8 Å². The van der Waals surface area contributed by atoms with Gasteiger partial charge in [0.15, 0.2) is 0 Å². The number of piperidine rings is 1. The summed E-state index contributed by atoms with van der Waals surface area (Å²) in [6.07, 6.45) is 2.41. The van der Waals surface area contributed by atoms with E-state index in [4.69, 9.17) is 15.5 Å². The van der Waals surface area contributed by atoms with Crippen LogP contribution in [0, 0.1) is 0 Å². The number of hydrogen-bond donors (Lipinski definition) is 1. The van der Waals surface area contributed by atoms with Crippen molar-refractivity contribution in [1.29, 1.82) is 0 Å². The SMILES string of the molecule is C[C@](COc1ccccc1)(c1ccc(-c2nc([C@@H]3CC[C@H]4CCC(=O)N4C3)n3ccnc(N)c23)cc1)c1cccc(C(F)(F)F)c1. The number of carbonyl (C=O) groups excluding carboxylic acids is 1. The van der Waals surface area contributed by atoms with Crippen LogP contribution in [-0.4, -0.2) is 44.4 Å². The van der Waals surface area contributed by atoms with Gasteiger partial charge in [0.05, 0.1) is 11.0 Å². The summed E-state index contributed by atoms with van der Waals surface area (Å²) in [5, 5.41) is 0. The van der Waals surface area contributed by atoms with Crippen LogP contribution in [0.3, 0.4) is 0 Å². The van der Waals surface area contributed by atoms with Crippen LogP contribution in [0.15, 0.2) is 91.3 Å². The van der Waals surface area contributed by atoms with Crippen molar-refractivity contribution in [3.63, 3.8) is 0 Å². The molecule has 2 fully saturated rings. The van der Waals surface area contributed by atoms with Gasteiger partial charge in [-0.25, -0.2) is 9.97 Å². The minimum absolute atomic E-state index is 0.0555. The maximum Gasteiger partial charge on any atom is 0.416 e. The van der Waals surface area contributed by atoms with Crippen LogP contribution in [0.5, 0.6) is 5.75 Å². The summed E-state index contributed by atoms with van der Waals surface area (Å²) in [4.78, 5) is 24.0. The van der Waals surface area contributed by atoms with E-state index in [2.05, 4.69) is 4.98 Å². The molecule has 10 heteroatoms. The van der Waals surface area contributed by atoms with Gasteiger partial charge in [-0.3, -0.25) is 9.20 Å². The Kier molecular flexibility index (Phi) is 7.45. The molecule has 7 rings (SSSR count). The fourth-order valence-electron chi connectivity index (χ4n) is 6.97. The van der Waals surface area contributed by atoms with Crippen LogP contribution >= 0.6 is 0 Å². The molecule has 236 valence electrons. The first-order chi connectivity index (χ1) is 22.1. The fourth-order valence-corrected chi connectivity index (χ4v) is 6.97. The molecule has 2 aromatic heterocycles. The molecule has 2 N–H and O–H groups in total. The van der Waals surface area contributed by atoms with Gasteiger partial charge in [0.2, 0.25) is 5.91 Å². The molecule has 2 aliphatic rings. The van der Waals surface area contributed by atoms with Crippen LogP contribution < -0.4 is 10.5 Å². The van der Waals surface area contributed by atoms with Crippen molar-refractivity contribution in [2.75, 3.05) is 18.9 Å². The number of benzene rings is 3. The summed E-state index contributed by atoms with van der Waals surface area (Å²) in [6, 6.07) is 22.6. The lowest BCUT2D eigenvalue weighted by Crippen LogP contribution is -2.41. The van der Waals surface area contributed by atoms with Crippen LogP contribution in [0.2, 0.25) is 0 Å². The summed E-state index contributed by atoms with van der Waals surface area (Å²) in [6.45, 7) is 2.63. The molecule has 1 amide bonds. The van der Waals surface area contributed by atoms with E-state index in [9.17, 15) is 18.0 Å². The summed E-state index contributed by atoms with van der Waals surface area (Å²) in [7, 11) is 0. The van der Waals surface area contributed by atoms with E-state index >= 15 is 0 Å². The van der Waals surface area contributed by atoms with E-state index in [0.717, 1.165) is 42.3 Å². The highest BCUT2D eigenvalue weighted by Crippen LogP contribution is 2.40. The zero-order valence-electron chi connectivity index (χ0n) is 25.4. The third kappa shape index (κ3) is 5.35. The number of amides is 1. The van der Waals surface area contributed by atoms with Crippen LogP contribution in [-0.2, 0) is 16.4 Å². The Morgan fingerprint density at radius 2 is 1.70 bits per heavy atom. The van der Waals surface area contributed by atoms with Gasteiger partial charge in [-0.2, -0.15) is 13.2 Å². The van der Waals surface area contributed by atoms with Crippen molar-refractivity contribution in [2.24, 2.45) is 0 Å². The lowest BCUT2D eigenvalue weighted by Gasteiger charge is -2.34. The maximum atomic E-state index is 13.8. The Labute approximate surface area is 264 Å². The van der Waals surface area contributed by atoms with E-state index in [1.165, 1.54) is 12.1 Å². The zero-order chi connectivity index (χ0) is 32.1. The molecule has 0 radical (unpaired) electrons. The minimum atomic E-state index is -4.48. The molecule has 46 heavy (non-hydrogen) atoms. The minimum Gasteiger partial charge on any atom is -0.492 e. The molecule has 0 aliphatic carbocycles. The summed E-state index contributed by atoms with van der Waals surface area (Å²) in [5.41, 5.74) is 8.22. The number of nitrogens with two attached hydrogens (primary N) is 1. The van der Waals surface area contributed by atoms with E-state index in [1.54, 1.807) is 12.3 Å². The van der Waals surface area contributed by atoms with Crippen LogP contribution in [0.4, 0.5) is 19.0 Å². The number of nitrogen functional groups attached to an aromatic ring is 1. The first kappa shape index (κ1) is 29.8. The molecule has 5 aromatic rings. The Morgan fingerprint density at radius 1 is 0.935 bits per heavy atom. The predicted octanol–water partition coefficient (Wildman–Crippen LogP) is 7.25. The number of halogens is 3.